The Bertz CT molecular complexity index is 565. The zero-order chi connectivity index (χ0) is 15.0. The lowest BCUT2D eigenvalue weighted by Crippen LogP contribution is -2.24. The summed E-state index contributed by atoms with van der Waals surface area (Å²) < 4.78 is 0. The van der Waals surface area contributed by atoms with Gasteiger partial charge in [0.1, 0.15) is 0 Å². The zero-order valence-corrected chi connectivity index (χ0v) is 13.8. The van der Waals surface area contributed by atoms with Crippen molar-refractivity contribution < 1.29 is 4.79 Å². The molecule has 0 amide bonds. The smallest absolute Gasteiger partial charge is 0.163 e. The molecule has 0 spiro atoms. The number of ketones is 1. The third-order valence-corrected chi connectivity index (χ3v) is 5.24. The third kappa shape index (κ3) is 2.89. The van der Waals surface area contributed by atoms with Gasteiger partial charge in [-0.25, -0.2) is 0 Å². The highest BCUT2D eigenvalue weighted by Gasteiger charge is 2.29. The first-order chi connectivity index (χ1) is 10.1. The van der Waals surface area contributed by atoms with Gasteiger partial charge in [-0.15, -0.1) is 0 Å². The maximum atomic E-state index is 12.7. The van der Waals surface area contributed by atoms with Crippen LogP contribution in [0.25, 0.3) is 0 Å². The molecule has 0 radical (unpaired) electrons. The summed E-state index contributed by atoms with van der Waals surface area (Å²) in [7, 11) is 0. The summed E-state index contributed by atoms with van der Waals surface area (Å²) in [5, 5.41) is 0.810. The van der Waals surface area contributed by atoms with E-state index in [-0.39, 0.29) is 0 Å². The number of carbonyl (C=O) groups excluding carboxylic acids is 1. The Balaban J connectivity index is 2.08. The van der Waals surface area contributed by atoms with Gasteiger partial charge in [0.2, 0.25) is 0 Å². The van der Waals surface area contributed by atoms with E-state index in [9.17, 15) is 4.79 Å². The SMILES string of the molecule is CC(C)N1Cc2cc(Cl)c3c(c2C1)C(=O)CCCCCC3. The van der Waals surface area contributed by atoms with Crippen LogP contribution in [0.1, 0.15) is 73.0 Å². The Morgan fingerprint density at radius 2 is 1.76 bits per heavy atom. The molecule has 0 bridgehead atoms. The molecule has 114 valence electrons. The summed E-state index contributed by atoms with van der Waals surface area (Å²) in [6.45, 7) is 6.25. The van der Waals surface area contributed by atoms with Crippen LogP contribution in [0.2, 0.25) is 5.02 Å². The molecule has 3 rings (SSSR count). The Morgan fingerprint density at radius 1 is 1.05 bits per heavy atom. The Labute approximate surface area is 132 Å². The van der Waals surface area contributed by atoms with Gasteiger partial charge >= 0.3 is 0 Å². The fourth-order valence-electron chi connectivity index (χ4n) is 3.60. The first-order valence-electron chi connectivity index (χ1n) is 8.18. The number of hydrogen-bond acceptors (Lipinski definition) is 2. The lowest BCUT2D eigenvalue weighted by atomic mass is 9.91. The van der Waals surface area contributed by atoms with Gasteiger partial charge in [-0.1, -0.05) is 24.4 Å². The molecule has 1 aromatic carbocycles. The average Bonchev–Trinajstić information content (AvgIpc) is 2.87. The van der Waals surface area contributed by atoms with E-state index < -0.39 is 0 Å². The predicted molar refractivity (Wildman–Crippen MR) is 87.0 cm³/mol. The molecule has 1 aliphatic carbocycles. The van der Waals surface area contributed by atoms with Crippen LogP contribution >= 0.6 is 11.6 Å². The highest BCUT2D eigenvalue weighted by molar-refractivity contribution is 6.32. The van der Waals surface area contributed by atoms with E-state index in [0.717, 1.165) is 54.9 Å². The van der Waals surface area contributed by atoms with Crippen LogP contribution in [0.3, 0.4) is 0 Å². The second-order valence-corrected chi connectivity index (χ2v) is 7.09. The van der Waals surface area contributed by atoms with Crippen molar-refractivity contribution in [2.45, 2.75) is 71.5 Å². The molecule has 0 N–H and O–H groups in total. The second-order valence-electron chi connectivity index (χ2n) is 6.69. The lowest BCUT2D eigenvalue weighted by Gasteiger charge is -2.19. The molecule has 0 unspecified atom stereocenters. The van der Waals surface area contributed by atoms with Crippen molar-refractivity contribution in [2.24, 2.45) is 0 Å². The number of hydrogen-bond donors (Lipinski definition) is 0. The van der Waals surface area contributed by atoms with Crippen LogP contribution in [0.5, 0.6) is 0 Å². The minimum absolute atomic E-state index is 0.316. The van der Waals surface area contributed by atoms with E-state index in [4.69, 9.17) is 11.6 Å². The van der Waals surface area contributed by atoms with Crippen molar-refractivity contribution in [1.29, 1.82) is 0 Å². The van der Waals surface area contributed by atoms with E-state index in [1.54, 1.807) is 0 Å². The van der Waals surface area contributed by atoms with Gasteiger partial charge in [0, 0.05) is 36.1 Å². The number of benzene rings is 1. The van der Waals surface area contributed by atoms with Crippen LogP contribution in [-0.4, -0.2) is 16.7 Å². The lowest BCUT2D eigenvalue weighted by molar-refractivity contribution is 0.0977. The highest BCUT2D eigenvalue weighted by atomic mass is 35.5. The molecule has 2 nitrogen and oxygen atoms in total. The summed E-state index contributed by atoms with van der Waals surface area (Å²) >= 11 is 6.53. The molecule has 0 saturated carbocycles. The maximum absolute atomic E-state index is 12.7. The normalized spacial score (nSPS) is 19.9. The van der Waals surface area contributed by atoms with E-state index in [1.807, 2.05) is 0 Å². The molecule has 0 saturated heterocycles. The van der Waals surface area contributed by atoms with Gasteiger partial charge in [-0.2, -0.15) is 0 Å². The molecule has 1 aliphatic heterocycles. The van der Waals surface area contributed by atoms with Crippen LogP contribution in [0.4, 0.5) is 0 Å². The van der Waals surface area contributed by atoms with Gasteiger partial charge in [0.15, 0.2) is 5.78 Å². The van der Waals surface area contributed by atoms with Crippen molar-refractivity contribution in [3.63, 3.8) is 0 Å². The fourth-order valence-corrected chi connectivity index (χ4v) is 3.92. The third-order valence-electron chi connectivity index (χ3n) is 4.90. The number of Topliss-reactive ketones (excluding diaryl/α,β-unsaturated/α-hetero) is 1. The molecule has 3 heteroatoms. The molecular formula is C18H24ClNO. The number of nitrogens with zero attached hydrogens (tertiary/aromatic N) is 1. The number of rotatable bonds is 1. The summed E-state index contributed by atoms with van der Waals surface area (Å²) in [4.78, 5) is 15.1. The fraction of sp³-hybridized carbons (Fsp3) is 0.611. The predicted octanol–water partition coefficient (Wildman–Crippen LogP) is 4.75. The van der Waals surface area contributed by atoms with Crippen molar-refractivity contribution in [2.75, 3.05) is 0 Å². The van der Waals surface area contributed by atoms with E-state index in [1.165, 1.54) is 17.5 Å². The summed E-state index contributed by atoms with van der Waals surface area (Å²) in [6.07, 6.45) is 6.17. The van der Waals surface area contributed by atoms with Gasteiger partial charge in [0.25, 0.3) is 0 Å². The second kappa shape index (κ2) is 6.10. The van der Waals surface area contributed by atoms with Crippen molar-refractivity contribution in [3.8, 4) is 0 Å². The van der Waals surface area contributed by atoms with Gasteiger partial charge in [-0.3, -0.25) is 9.69 Å². The van der Waals surface area contributed by atoms with E-state index in [0.29, 0.717) is 18.2 Å². The van der Waals surface area contributed by atoms with Crippen molar-refractivity contribution in [1.82, 2.24) is 4.90 Å². The Hall–Kier alpha value is -0.860. The molecule has 2 aliphatic rings. The Morgan fingerprint density at radius 3 is 2.48 bits per heavy atom. The molecular weight excluding hydrogens is 282 g/mol. The van der Waals surface area contributed by atoms with Crippen molar-refractivity contribution >= 4 is 17.4 Å². The largest absolute Gasteiger partial charge is 0.294 e. The number of halogens is 1. The van der Waals surface area contributed by atoms with Crippen LogP contribution in [0, 0.1) is 0 Å². The minimum atomic E-state index is 0.316. The first-order valence-corrected chi connectivity index (χ1v) is 8.56. The molecule has 0 aromatic heterocycles. The van der Waals surface area contributed by atoms with E-state index >= 15 is 0 Å². The van der Waals surface area contributed by atoms with Gasteiger partial charge in [0.05, 0.1) is 0 Å². The van der Waals surface area contributed by atoms with Gasteiger partial charge in [-0.05, 0) is 55.9 Å². The topological polar surface area (TPSA) is 20.3 Å². The average molecular weight is 306 g/mol. The summed E-state index contributed by atoms with van der Waals surface area (Å²) in [5.74, 6) is 0.316. The summed E-state index contributed by atoms with van der Waals surface area (Å²) in [6, 6.07) is 2.61. The highest BCUT2D eigenvalue weighted by Crippen LogP contribution is 2.36. The zero-order valence-electron chi connectivity index (χ0n) is 13.0. The molecule has 21 heavy (non-hydrogen) atoms. The summed E-state index contributed by atoms with van der Waals surface area (Å²) in [5.41, 5.74) is 4.62. The van der Waals surface area contributed by atoms with Crippen LogP contribution < -0.4 is 0 Å². The van der Waals surface area contributed by atoms with Crippen LogP contribution in [-0.2, 0) is 19.5 Å². The molecule has 1 aromatic rings. The quantitative estimate of drug-likeness (QED) is 0.746. The van der Waals surface area contributed by atoms with Crippen molar-refractivity contribution in [3.05, 3.63) is 33.3 Å². The van der Waals surface area contributed by atoms with Gasteiger partial charge < -0.3 is 0 Å². The number of fused-ring (bicyclic) bond motifs is 3. The Kier molecular flexibility index (Phi) is 4.37. The molecule has 0 atom stereocenters. The first kappa shape index (κ1) is 15.1. The van der Waals surface area contributed by atoms with E-state index in [2.05, 4.69) is 24.8 Å². The molecule has 0 fully saturated rings. The van der Waals surface area contributed by atoms with Crippen LogP contribution in [0.15, 0.2) is 6.07 Å². The number of carbonyl (C=O) groups is 1. The maximum Gasteiger partial charge on any atom is 0.163 e. The standard InChI is InChI=1S/C18H24ClNO/c1-12(2)20-10-13-9-16(19)14-7-5-3-4-6-8-17(21)18(14)15(13)11-20/h9,12H,3-8,10-11H2,1-2H3. The monoisotopic (exact) mass is 305 g/mol. The molecule has 1 heterocycles. The minimum Gasteiger partial charge on any atom is -0.294 e.